The summed E-state index contributed by atoms with van der Waals surface area (Å²) in [7, 11) is 0. The SMILES string of the molecule is CC(=O)C(NCCNCc1ccccc1)c1cccc(Cl)c1. The Morgan fingerprint density at radius 1 is 1.09 bits per heavy atom. The van der Waals surface area contributed by atoms with Gasteiger partial charge in [0.25, 0.3) is 0 Å². The first-order chi connectivity index (χ1) is 10.7. The van der Waals surface area contributed by atoms with Crippen LogP contribution in [-0.4, -0.2) is 18.9 Å². The third-order valence-corrected chi connectivity index (χ3v) is 3.65. The highest BCUT2D eigenvalue weighted by Crippen LogP contribution is 2.18. The van der Waals surface area contributed by atoms with Crippen LogP contribution in [0.4, 0.5) is 0 Å². The minimum atomic E-state index is -0.308. The molecule has 0 saturated heterocycles. The van der Waals surface area contributed by atoms with Crippen molar-refractivity contribution in [3.63, 3.8) is 0 Å². The number of carbonyl (C=O) groups excluding carboxylic acids is 1. The van der Waals surface area contributed by atoms with Crippen molar-refractivity contribution in [3.05, 3.63) is 70.7 Å². The maximum atomic E-state index is 11.8. The van der Waals surface area contributed by atoms with Crippen molar-refractivity contribution in [3.8, 4) is 0 Å². The molecule has 116 valence electrons. The van der Waals surface area contributed by atoms with Crippen LogP contribution in [0.2, 0.25) is 5.02 Å². The number of benzene rings is 2. The van der Waals surface area contributed by atoms with E-state index in [9.17, 15) is 4.79 Å². The lowest BCUT2D eigenvalue weighted by molar-refractivity contribution is -0.119. The van der Waals surface area contributed by atoms with Gasteiger partial charge in [-0.25, -0.2) is 0 Å². The number of ketones is 1. The third-order valence-electron chi connectivity index (χ3n) is 3.41. The van der Waals surface area contributed by atoms with Gasteiger partial charge < -0.3 is 10.6 Å². The Morgan fingerprint density at radius 2 is 1.86 bits per heavy atom. The van der Waals surface area contributed by atoms with E-state index < -0.39 is 0 Å². The number of Topliss-reactive ketones (excluding diaryl/α,β-unsaturated/α-hetero) is 1. The molecule has 0 aliphatic carbocycles. The highest BCUT2D eigenvalue weighted by molar-refractivity contribution is 6.30. The van der Waals surface area contributed by atoms with Gasteiger partial charge in [0.15, 0.2) is 5.78 Å². The van der Waals surface area contributed by atoms with Crippen LogP contribution in [0.25, 0.3) is 0 Å². The lowest BCUT2D eigenvalue weighted by Gasteiger charge is -2.17. The molecule has 2 rings (SSSR count). The predicted octanol–water partition coefficient (Wildman–Crippen LogP) is 3.35. The normalized spacial score (nSPS) is 12.1. The summed E-state index contributed by atoms with van der Waals surface area (Å²) < 4.78 is 0. The summed E-state index contributed by atoms with van der Waals surface area (Å²) in [5.74, 6) is 0.0883. The number of nitrogens with one attached hydrogen (secondary N) is 2. The smallest absolute Gasteiger partial charge is 0.151 e. The van der Waals surface area contributed by atoms with E-state index >= 15 is 0 Å². The fourth-order valence-electron chi connectivity index (χ4n) is 2.32. The van der Waals surface area contributed by atoms with Gasteiger partial charge in [-0.1, -0.05) is 54.1 Å². The van der Waals surface area contributed by atoms with E-state index in [1.165, 1.54) is 5.56 Å². The minimum Gasteiger partial charge on any atom is -0.311 e. The monoisotopic (exact) mass is 316 g/mol. The summed E-state index contributed by atoms with van der Waals surface area (Å²) in [5.41, 5.74) is 2.16. The molecule has 0 aliphatic rings. The molecular formula is C18H21ClN2O. The second-order valence-corrected chi connectivity index (χ2v) is 5.65. The van der Waals surface area contributed by atoms with Crippen molar-refractivity contribution in [2.24, 2.45) is 0 Å². The maximum Gasteiger partial charge on any atom is 0.151 e. The molecule has 2 aromatic rings. The van der Waals surface area contributed by atoms with Crippen LogP contribution in [-0.2, 0) is 11.3 Å². The third kappa shape index (κ3) is 5.26. The van der Waals surface area contributed by atoms with Crippen LogP contribution in [0.3, 0.4) is 0 Å². The molecule has 0 aromatic heterocycles. The highest BCUT2D eigenvalue weighted by Gasteiger charge is 2.15. The Morgan fingerprint density at radius 3 is 2.55 bits per heavy atom. The zero-order chi connectivity index (χ0) is 15.8. The first-order valence-electron chi connectivity index (χ1n) is 7.41. The molecule has 0 bridgehead atoms. The molecule has 4 heteroatoms. The largest absolute Gasteiger partial charge is 0.311 e. The molecular weight excluding hydrogens is 296 g/mol. The molecule has 2 aromatic carbocycles. The van der Waals surface area contributed by atoms with Crippen LogP contribution in [0.5, 0.6) is 0 Å². The molecule has 0 aliphatic heterocycles. The molecule has 0 amide bonds. The van der Waals surface area contributed by atoms with Crippen LogP contribution in [0, 0.1) is 0 Å². The topological polar surface area (TPSA) is 41.1 Å². The van der Waals surface area contributed by atoms with Crippen LogP contribution in [0.15, 0.2) is 54.6 Å². The Balaban J connectivity index is 1.79. The van der Waals surface area contributed by atoms with Crippen LogP contribution < -0.4 is 10.6 Å². The van der Waals surface area contributed by atoms with Gasteiger partial charge in [-0.15, -0.1) is 0 Å². The van der Waals surface area contributed by atoms with E-state index in [1.807, 2.05) is 42.5 Å². The Hall–Kier alpha value is -1.68. The molecule has 1 atom stereocenters. The molecule has 0 fully saturated rings. The Kier molecular flexibility index (Phi) is 6.59. The average Bonchev–Trinajstić information content (AvgIpc) is 2.51. The minimum absolute atomic E-state index is 0.0883. The fourth-order valence-corrected chi connectivity index (χ4v) is 2.51. The summed E-state index contributed by atoms with van der Waals surface area (Å²) in [6.45, 7) is 3.92. The van der Waals surface area contributed by atoms with Crippen molar-refractivity contribution in [1.29, 1.82) is 0 Å². The number of hydrogen-bond acceptors (Lipinski definition) is 3. The van der Waals surface area contributed by atoms with Crippen molar-refractivity contribution in [2.45, 2.75) is 19.5 Å². The zero-order valence-electron chi connectivity index (χ0n) is 12.7. The van der Waals surface area contributed by atoms with Gasteiger partial charge >= 0.3 is 0 Å². The standard InChI is InChI=1S/C18H21ClN2O/c1-14(22)18(16-8-5-9-17(19)12-16)21-11-10-20-13-15-6-3-2-4-7-15/h2-9,12,18,20-21H,10-11,13H2,1H3. The van der Waals surface area contributed by atoms with Gasteiger partial charge in [-0.05, 0) is 30.2 Å². The zero-order valence-corrected chi connectivity index (χ0v) is 13.4. The molecule has 0 saturated carbocycles. The number of hydrogen-bond donors (Lipinski definition) is 2. The van der Waals surface area contributed by atoms with Gasteiger partial charge in [0, 0.05) is 24.7 Å². The molecule has 1 unspecified atom stereocenters. The average molecular weight is 317 g/mol. The lowest BCUT2D eigenvalue weighted by Crippen LogP contribution is -2.33. The van der Waals surface area contributed by atoms with E-state index in [0.29, 0.717) is 11.6 Å². The van der Waals surface area contributed by atoms with E-state index in [-0.39, 0.29) is 11.8 Å². The van der Waals surface area contributed by atoms with E-state index in [2.05, 4.69) is 22.8 Å². The molecule has 0 heterocycles. The summed E-state index contributed by atoms with van der Waals surface area (Å²) in [6, 6.07) is 17.4. The summed E-state index contributed by atoms with van der Waals surface area (Å²) >= 11 is 5.99. The van der Waals surface area contributed by atoms with Gasteiger partial charge in [0.1, 0.15) is 0 Å². The predicted molar refractivity (Wildman–Crippen MR) is 91.0 cm³/mol. The van der Waals surface area contributed by atoms with Gasteiger partial charge in [-0.3, -0.25) is 4.79 Å². The fraction of sp³-hybridized carbons (Fsp3) is 0.278. The molecule has 3 nitrogen and oxygen atoms in total. The number of halogens is 1. The first kappa shape index (κ1) is 16.7. The van der Waals surface area contributed by atoms with Crippen molar-refractivity contribution >= 4 is 17.4 Å². The number of rotatable bonds is 8. The number of carbonyl (C=O) groups is 1. The molecule has 0 radical (unpaired) electrons. The van der Waals surface area contributed by atoms with Gasteiger partial charge in [0.05, 0.1) is 6.04 Å². The Labute approximate surface area is 136 Å². The molecule has 22 heavy (non-hydrogen) atoms. The second-order valence-electron chi connectivity index (χ2n) is 5.22. The summed E-state index contributed by atoms with van der Waals surface area (Å²) in [4.78, 5) is 11.8. The molecule has 2 N–H and O–H groups in total. The van der Waals surface area contributed by atoms with Crippen molar-refractivity contribution < 1.29 is 4.79 Å². The van der Waals surface area contributed by atoms with Crippen LogP contribution >= 0.6 is 11.6 Å². The van der Waals surface area contributed by atoms with Crippen LogP contribution in [0.1, 0.15) is 24.1 Å². The quantitative estimate of drug-likeness (QED) is 0.734. The van der Waals surface area contributed by atoms with E-state index in [4.69, 9.17) is 11.6 Å². The van der Waals surface area contributed by atoms with Gasteiger partial charge in [-0.2, -0.15) is 0 Å². The Bertz CT molecular complexity index is 601. The summed E-state index contributed by atoms with van der Waals surface area (Å²) in [5, 5.41) is 7.28. The molecule has 0 spiro atoms. The van der Waals surface area contributed by atoms with E-state index in [0.717, 1.165) is 18.7 Å². The first-order valence-corrected chi connectivity index (χ1v) is 7.78. The van der Waals surface area contributed by atoms with E-state index in [1.54, 1.807) is 6.92 Å². The van der Waals surface area contributed by atoms with Gasteiger partial charge in [0.2, 0.25) is 0 Å². The lowest BCUT2D eigenvalue weighted by atomic mass is 10.0. The maximum absolute atomic E-state index is 11.8. The second kappa shape index (κ2) is 8.69. The van der Waals surface area contributed by atoms with Crippen molar-refractivity contribution in [2.75, 3.05) is 13.1 Å². The highest BCUT2D eigenvalue weighted by atomic mass is 35.5. The summed E-state index contributed by atoms with van der Waals surface area (Å²) in [6.07, 6.45) is 0. The van der Waals surface area contributed by atoms with Crippen molar-refractivity contribution in [1.82, 2.24) is 10.6 Å².